The molecule has 0 fully saturated rings. The van der Waals surface area contributed by atoms with Crippen LogP contribution in [-0.2, 0) is 16.2 Å². The molecular formula is C17H11ClF3N3O3S2. The summed E-state index contributed by atoms with van der Waals surface area (Å²) in [6.07, 6.45) is -3.27. The number of alkyl halides is 3. The fraction of sp³-hybridized carbons (Fsp3) is 0.0588. The lowest BCUT2D eigenvalue weighted by atomic mass is 10.2. The maximum Gasteiger partial charge on any atom is 0.417 e. The molecule has 3 aromatic rings. The van der Waals surface area contributed by atoms with Crippen LogP contribution in [0.5, 0.6) is 0 Å². The van der Waals surface area contributed by atoms with Gasteiger partial charge in [0.1, 0.15) is 0 Å². The SMILES string of the molecule is O=C(Nc1nccs1)c1ccc(NS(=O)(=O)c2ccc(Cl)c(C(F)(F)F)c2)cc1. The fourth-order valence-electron chi connectivity index (χ4n) is 2.25. The summed E-state index contributed by atoms with van der Waals surface area (Å²) in [4.78, 5) is 15.4. The lowest BCUT2D eigenvalue weighted by Gasteiger charge is -2.13. The van der Waals surface area contributed by atoms with Crippen molar-refractivity contribution >= 4 is 49.7 Å². The molecule has 152 valence electrons. The molecule has 0 spiro atoms. The maximum absolute atomic E-state index is 13.0. The minimum atomic E-state index is -4.80. The average Bonchev–Trinajstić information content (AvgIpc) is 3.14. The Bertz CT molecular complexity index is 1130. The summed E-state index contributed by atoms with van der Waals surface area (Å²) in [6.45, 7) is 0. The van der Waals surface area contributed by atoms with E-state index in [1.165, 1.54) is 41.8 Å². The molecule has 0 unspecified atom stereocenters. The molecule has 0 saturated heterocycles. The van der Waals surface area contributed by atoms with Crippen molar-refractivity contribution in [3.05, 3.63) is 70.2 Å². The van der Waals surface area contributed by atoms with Crippen LogP contribution >= 0.6 is 22.9 Å². The largest absolute Gasteiger partial charge is 0.417 e. The van der Waals surface area contributed by atoms with Crippen LogP contribution in [0, 0.1) is 0 Å². The smallest absolute Gasteiger partial charge is 0.298 e. The third-order valence-electron chi connectivity index (χ3n) is 3.61. The molecule has 1 heterocycles. The van der Waals surface area contributed by atoms with E-state index in [9.17, 15) is 26.4 Å². The van der Waals surface area contributed by atoms with Gasteiger partial charge in [-0.3, -0.25) is 14.8 Å². The number of anilines is 2. The Morgan fingerprint density at radius 2 is 1.79 bits per heavy atom. The van der Waals surface area contributed by atoms with Crippen LogP contribution in [0.1, 0.15) is 15.9 Å². The van der Waals surface area contributed by atoms with Crippen molar-refractivity contribution in [2.24, 2.45) is 0 Å². The molecule has 0 atom stereocenters. The maximum atomic E-state index is 13.0. The minimum absolute atomic E-state index is 0.0688. The highest BCUT2D eigenvalue weighted by Gasteiger charge is 2.34. The van der Waals surface area contributed by atoms with Crippen LogP contribution in [0.3, 0.4) is 0 Å². The summed E-state index contributed by atoms with van der Waals surface area (Å²) in [5.41, 5.74) is -0.940. The number of amides is 1. The van der Waals surface area contributed by atoms with Crippen molar-refractivity contribution in [2.45, 2.75) is 11.1 Å². The van der Waals surface area contributed by atoms with Gasteiger partial charge in [-0.2, -0.15) is 13.2 Å². The van der Waals surface area contributed by atoms with Crippen molar-refractivity contribution < 1.29 is 26.4 Å². The first kappa shape index (κ1) is 21.1. The highest BCUT2D eigenvalue weighted by atomic mass is 35.5. The highest BCUT2D eigenvalue weighted by Crippen LogP contribution is 2.36. The summed E-state index contributed by atoms with van der Waals surface area (Å²) in [5.74, 6) is -0.443. The van der Waals surface area contributed by atoms with Crippen LogP contribution in [-0.4, -0.2) is 19.3 Å². The van der Waals surface area contributed by atoms with Crippen molar-refractivity contribution in [3.8, 4) is 0 Å². The van der Waals surface area contributed by atoms with Gasteiger partial charge < -0.3 is 0 Å². The Morgan fingerprint density at radius 1 is 1.10 bits per heavy atom. The van der Waals surface area contributed by atoms with Crippen molar-refractivity contribution in [1.82, 2.24) is 4.98 Å². The van der Waals surface area contributed by atoms with E-state index in [2.05, 4.69) is 15.0 Å². The number of halogens is 4. The average molecular weight is 462 g/mol. The first-order valence-electron chi connectivity index (χ1n) is 7.77. The Kier molecular flexibility index (Phi) is 5.82. The van der Waals surface area contributed by atoms with Gasteiger partial charge >= 0.3 is 6.18 Å². The Hall–Kier alpha value is -2.63. The normalized spacial score (nSPS) is 11.9. The van der Waals surface area contributed by atoms with Crippen LogP contribution < -0.4 is 10.0 Å². The number of aromatic nitrogens is 1. The lowest BCUT2D eigenvalue weighted by Crippen LogP contribution is -2.15. The first-order valence-corrected chi connectivity index (χ1v) is 10.5. The quantitative estimate of drug-likeness (QED) is 0.567. The molecule has 0 saturated carbocycles. The van der Waals surface area contributed by atoms with E-state index in [1.54, 1.807) is 5.38 Å². The van der Waals surface area contributed by atoms with Crippen LogP contribution in [0.15, 0.2) is 58.9 Å². The molecule has 0 aliphatic carbocycles. The number of benzene rings is 2. The van der Waals surface area contributed by atoms with E-state index in [0.717, 1.165) is 12.1 Å². The van der Waals surface area contributed by atoms with Gasteiger partial charge in [0.05, 0.1) is 15.5 Å². The van der Waals surface area contributed by atoms with Crippen molar-refractivity contribution in [1.29, 1.82) is 0 Å². The van der Waals surface area contributed by atoms with Crippen LogP contribution in [0.25, 0.3) is 0 Å². The monoisotopic (exact) mass is 461 g/mol. The fourth-order valence-corrected chi connectivity index (χ4v) is 4.08. The van der Waals surface area contributed by atoms with Crippen molar-refractivity contribution in [3.63, 3.8) is 0 Å². The number of carbonyl (C=O) groups is 1. The first-order chi connectivity index (χ1) is 13.6. The number of nitrogens with one attached hydrogen (secondary N) is 2. The molecule has 0 aliphatic rings. The second-order valence-electron chi connectivity index (χ2n) is 5.61. The second-order valence-corrected chi connectivity index (χ2v) is 8.60. The van der Waals surface area contributed by atoms with Crippen molar-refractivity contribution in [2.75, 3.05) is 10.0 Å². The zero-order valence-corrected chi connectivity index (χ0v) is 16.6. The van der Waals surface area contributed by atoms with Gasteiger partial charge in [-0.05, 0) is 42.5 Å². The van der Waals surface area contributed by atoms with Crippen LogP contribution in [0.4, 0.5) is 24.0 Å². The molecule has 0 radical (unpaired) electrons. The van der Waals surface area contributed by atoms with Gasteiger partial charge in [-0.25, -0.2) is 13.4 Å². The predicted molar refractivity (Wildman–Crippen MR) is 104 cm³/mol. The van der Waals surface area contributed by atoms with Gasteiger partial charge in [0.15, 0.2) is 5.13 Å². The standard InChI is InChI=1S/C17H11ClF3N3O3S2/c18-14-6-5-12(9-13(14)17(19,20)21)29(26,27)24-11-3-1-10(2-4-11)15(25)23-16-22-7-8-28-16/h1-9,24H,(H,22,23,25). The van der Waals surface area contributed by atoms with E-state index in [1.807, 2.05) is 0 Å². The Labute approximate surface area is 172 Å². The van der Waals surface area contributed by atoms with Crippen LogP contribution in [0.2, 0.25) is 5.02 Å². The highest BCUT2D eigenvalue weighted by molar-refractivity contribution is 7.92. The molecule has 2 N–H and O–H groups in total. The summed E-state index contributed by atoms with van der Waals surface area (Å²) in [6, 6.07) is 7.65. The summed E-state index contributed by atoms with van der Waals surface area (Å²) >= 11 is 6.75. The molecular weight excluding hydrogens is 451 g/mol. The van der Waals surface area contributed by atoms with E-state index in [-0.39, 0.29) is 11.3 Å². The van der Waals surface area contributed by atoms with Gasteiger partial charge in [-0.15, -0.1) is 11.3 Å². The molecule has 29 heavy (non-hydrogen) atoms. The zero-order valence-electron chi connectivity index (χ0n) is 14.2. The molecule has 2 aromatic carbocycles. The topological polar surface area (TPSA) is 88.2 Å². The van der Waals surface area contributed by atoms with E-state index < -0.39 is 37.6 Å². The molecule has 3 rings (SSSR count). The Balaban J connectivity index is 1.78. The van der Waals surface area contributed by atoms with E-state index in [0.29, 0.717) is 11.2 Å². The molecule has 0 aliphatic heterocycles. The second kappa shape index (κ2) is 8.01. The minimum Gasteiger partial charge on any atom is -0.298 e. The zero-order chi connectivity index (χ0) is 21.2. The van der Waals surface area contributed by atoms with Gasteiger partial charge in [0.2, 0.25) is 0 Å². The third-order valence-corrected chi connectivity index (χ3v) is 6.00. The number of carbonyl (C=O) groups excluding carboxylic acids is 1. The summed E-state index contributed by atoms with van der Waals surface area (Å²) in [5, 5.41) is 4.06. The predicted octanol–water partition coefficient (Wildman–Crippen LogP) is 4.87. The number of thiazole rings is 1. The number of hydrogen-bond acceptors (Lipinski definition) is 5. The van der Waals surface area contributed by atoms with Gasteiger partial charge in [-0.1, -0.05) is 11.6 Å². The van der Waals surface area contributed by atoms with E-state index >= 15 is 0 Å². The molecule has 6 nitrogen and oxygen atoms in total. The Morgan fingerprint density at radius 3 is 2.38 bits per heavy atom. The number of sulfonamides is 1. The summed E-state index contributed by atoms with van der Waals surface area (Å²) in [7, 11) is -4.30. The number of rotatable bonds is 5. The molecule has 0 bridgehead atoms. The number of nitrogens with zero attached hydrogens (tertiary/aromatic N) is 1. The third kappa shape index (κ3) is 5.05. The van der Waals surface area contributed by atoms with Gasteiger partial charge in [0, 0.05) is 22.8 Å². The number of hydrogen-bond donors (Lipinski definition) is 2. The summed E-state index contributed by atoms with van der Waals surface area (Å²) < 4.78 is 65.9. The van der Waals surface area contributed by atoms with Gasteiger partial charge in [0.25, 0.3) is 15.9 Å². The molecule has 1 aromatic heterocycles. The molecule has 12 heteroatoms. The molecule has 1 amide bonds. The van der Waals surface area contributed by atoms with E-state index in [4.69, 9.17) is 11.6 Å². The lowest BCUT2D eigenvalue weighted by molar-refractivity contribution is -0.137.